The number of imidazole rings is 1. The zero-order chi connectivity index (χ0) is 30.2. The van der Waals surface area contributed by atoms with Gasteiger partial charge in [-0.15, -0.1) is 0 Å². The van der Waals surface area contributed by atoms with Crippen LogP contribution in [0.3, 0.4) is 0 Å². The molecule has 0 spiro atoms. The molecule has 0 saturated carbocycles. The van der Waals surface area contributed by atoms with Crippen molar-refractivity contribution >= 4 is 17.0 Å². The smallest absolute Gasteiger partial charge is 0.335 e. The van der Waals surface area contributed by atoms with Gasteiger partial charge >= 0.3 is 5.97 Å². The molecule has 0 aliphatic carbocycles. The van der Waals surface area contributed by atoms with Crippen LogP contribution in [-0.4, -0.2) is 38.3 Å². The highest BCUT2D eigenvalue weighted by molar-refractivity contribution is 5.92. The van der Waals surface area contributed by atoms with Gasteiger partial charge in [-0.1, -0.05) is 12.1 Å². The standard InChI is InChI=1S/C32H25F4N3O4/c1-17-2-3-19(24(34)10-17)16-43-30-7-5-23(33)31(38-30)22-14-25(35)20(11-26(22)36)13-29-37-27-6-4-18(32(40)41)12-28(27)39(29)15-21-8-9-42-21/h2-7,10-12,14,21H,8-9,13,15-16H2,1H3,(H,40,41)/t21-/m0/s1. The Bertz CT molecular complexity index is 1870. The van der Waals surface area contributed by atoms with E-state index in [0.717, 1.165) is 30.2 Å². The maximum absolute atomic E-state index is 15.4. The molecule has 3 heterocycles. The highest BCUT2D eigenvalue weighted by Crippen LogP contribution is 2.30. The van der Waals surface area contributed by atoms with E-state index < -0.39 is 40.5 Å². The van der Waals surface area contributed by atoms with Crippen LogP contribution in [0.1, 0.15) is 39.3 Å². The lowest BCUT2D eigenvalue weighted by molar-refractivity contribution is -0.0589. The van der Waals surface area contributed by atoms with Crippen LogP contribution in [0.4, 0.5) is 17.6 Å². The summed E-state index contributed by atoms with van der Waals surface area (Å²) in [5, 5.41) is 9.44. The molecule has 3 aromatic carbocycles. The number of nitrogens with zero attached hydrogens (tertiary/aromatic N) is 3. The summed E-state index contributed by atoms with van der Waals surface area (Å²) < 4.78 is 72.6. The summed E-state index contributed by atoms with van der Waals surface area (Å²) in [6, 6.07) is 13.2. The second-order valence-electron chi connectivity index (χ2n) is 10.4. The van der Waals surface area contributed by atoms with Crippen LogP contribution in [0.2, 0.25) is 0 Å². The summed E-state index contributed by atoms with van der Waals surface area (Å²) in [5.74, 6) is -3.89. The van der Waals surface area contributed by atoms with E-state index in [0.29, 0.717) is 30.0 Å². The number of carboxylic acid groups (broad SMARTS) is 1. The van der Waals surface area contributed by atoms with Gasteiger partial charge in [0.1, 0.15) is 41.4 Å². The van der Waals surface area contributed by atoms with Gasteiger partial charge in [-0.25, -0.2) is 32.3 Å². The molecule has 43 heavy (non-hydrogen) atoms. The van der Waals surface area contributed by atoms with Gasteiger partial charge in [0.2, 0.25) is 5.88 Å². The molecule has 0 radical (unpaired) electrons. The molecule has 6 rings (SSSR count). The zero-order valence-electron chi connectivity index (χ0n) is 22.9. The Morgan fingerprint density at radius 2 is 1.74 bits per heavy atom. The number of ether oxygens (including phenoxy) is 2. The van der Waals surface area contributed by atoms with Crippen molar-refractivity contribution in [2.75, 3.05) is 6.61 Å². The molecule has 0 bridgehead atoms. The number of aromatic carboxylic acids is 1. The average Bonchev–Trinajstić information content (AvgIpc) is 3.28. The third-order valence-electron chi connectivity index (χ3n) is 7.40. The zero-order valence-corrected chi connectivity index (χ0v) is 22.9. The summed E-state index contributed by atoms with van der Waals surface area (Å²) in [7, 11) is 0. The minimum absolute atomic E-state index is 0.0338. The molecule has 1 atom stereocenters. The highest BCUT2D eigenvalue weighted by Gasteiger charge is 2.24. The number of pyridine rings is 1. The number of hydrogen-bond donors (Lipinski definition) is 1. The Morgan fingerprint density at radius 1 is 0.953 bits per heavy atom. The van der Waals surface area contributed by atoms with Crippen LogP contribution in [-0.2, 0) is 24.3 Å². The number of carbonyl (C=O) groups is 1. The summed E-state index contributed by atoms with van der Waals surface area (Å²) in [5.41, 5.74) is 1.21. The first-order valence-corrected chi connectivity index (χ1v) is 13.5. The summed E-state index contributed by atoms with van der Waals surface area (Å²) in [4.78, 5) is 20.1. The lowest BCUT2D eigenvalue weighted by atomic mass is 10.0. The number of aryl methyl sites for hydroxylation is 1. The van der Waals surface area contributed by atoms with Gasteiger partial charge in [0, 0.05) is 30.2 Å². The van der Waals surface area contributed by atoms with Crippen LogP contribution >= 0.6 is 0 Å². The van der Waals surface area contributed by atoms with Crippen LogP contribution in [0.5, 0.6) is 5.88 Å². The van der Waals surface area contributed by atoms with Crippen molar-refractivity contribution in [3.63, 3.8) is 0 Å². The Morgan fingerprint density at radius 3 is 2.47 bits per heavy atom. The van der Waals surface area contributed by atoms with Crippen molar-refractivity contribution in [1.82, 2.24) is 14.5 Å². The molecule has 2 aromatic heterocycles. The molecule has 1 saturated heterocycles. The van der Waals surface area contributed by atoms with E-state index in [1.165, 1.54) is 24.3 Å². The molecule has 11 heteroatoms. The molecule has 0 unspecified atom stereocenters. The second kappa shape index (κ2) is 11.5. The van der Waals surface area contributed by atoms with Crippen molar-refractivity contribution in [3.8, 4) is 17.1 Å². The van der Waals surface area contributed by atoms with Crippen LogP contribution < -0.4 is 4.74 Å². The quantitative estimate of drug-likeness (QED) is 0.194. The number of fused-ring (bicyclic) bond motifs is 1. The first-order chi connectivity index (χ1) is 20.7. The summed E-state index contributed by atoms with van der Waals surface area (Å²) in [6.07, 6.45) is 0.574. The topological polar surface area (TPSA) is 86.5 Å². The molecule has 1 N–H and O–H groups in total. The van der Waals surface area contributed by atoms with E-state index >= 15 is 8.78 Å². The monoisotopic (exact) mass is 591 g/mol. The molecule has 7 nitrogen and oxygen atoms in total. The largest absolute Gasteiger partial charge is 0.478 e. The van der Waals surface area contributed by atoms with Crippen LogP contribution in [0.25, 0.3) is 22.3 Å². The maximum Gasteiger partial charge on any atom is 0.335 e. The van der Waals surface area contributed by atoms with Gasteiger partial charge in [0.25, 0.3) is 0 Å². The average molecular weight is 592 g/mol. The Balaban J connectivity index is 1.29. The van der Waals surface area contributed by atoms with Crippen molar-refractivity contribution < 1.29 is 36.9 Å². The summed E-state index contributed by atoms with van der Waals surface area (Å²) >= 11 is 0. The number of aromatic nitrogens is 3. The van der Waals surface area contributed by atoms with Gasteiger partial charge in [0.15, 0.2) is 0 Å². The maximum atomic E-state index is 15.4. The molecular weight excluding hydrogens is 566 g/mol. The lowest BCUT2D eigenvalue weighted by Crippen LogP contribution is -2.31. The van der Waals surface area contributed by atoms with Crippen molar-refractivity contribution in [3.05, 3.63) is 112 Å². The van der Waals surface area contributed by atoms with Gasteiger partial charge in [-0.3, -0.25) is 0 Å². The molecule has 1 aliphatic heterocycles. The fourth-order valence-electron chi connectivity index (χ4n) is 4.97. The Labute approximate surface area is 243 Å². The lowest BCUT2D eigenvalue weighted by Gasteiger charge is -2.27. The molecule has 0 amide bonds. The predicted octanol–water partition coefficient (Wildman–Crippen LogP) is 6.62. The minimum atomic E-state index is -1.10. The van der Waals surface area contributed by atoms with E-state index in [-0.39, 0.29) is 41.7 Å². The van der Waals surface area contributed by atoms with Crippen molar-refractivity contribution in [2.24, 2.45) is 0 Å². The van der Waals surface area contributed by atoms with Gasteiger partial charge in [-0.2, -0.15) is 0 Å². The van der Waals surface area contributed by atoms with Crippen molar-refractivity contribution in [2.45, 2.75) is 39.0 Å². The van der Waals surface area contributed by atoms with Crippen LogP contribution in [0, 0.1) is 30.2 Å². The minimum Gasteiger partial charge on any atom is -0.478 e. The van der Waals surface area contributed by atoms with E-state index in [1.807, 2.05) is 0 Å². The number of benzene rings is 3. The van der Waals surface area contributed by atoms with Gasteiger partial charge < -0.3 is 19.1 Å². The number of carboxylic acids is 1. The normalized spacial score (nSPS) is 14.6. The third-order valence-corrected chi connectivity index (χ3v) is 7.40. The van der Waals surface area contributed by atoms with E-state index in [9.17, 15) is 18.7 Å². The van der Waals surface area contributed by atoms with Crippen LogP contribution in [0.15, 0.2) is 60.7 Å². The van der Waals surface area contributed by atoms with Gasteiger partial charge in [-0.05, 0) is 66.9 Å². The fourth-order valence-corrected chi connectivity index (χ4v) is 4.97. The molecule has 1 fully saturated rings. The second-order valence-corrected chi connectivity index (χ2v) is 10.4. The molecule has 1 aliphatic rings. The Kier molecular flexibility index (Phi) is 7.57. The first-order valence-electron chi connectivity index (χ1n) is 13.5. The first kappa shape index (κ1) is 28.4. The molecule has 220 valence electrons. The predicted molar refractivity (Wildman–Crippen MR) is 149 cm³/mol. The number of rotatable bonds is 9. The highest BCUT2D eigenvalue weighted by atomic mass is 19.1. The van der Waals surface area contributed by atoms with Gasteiger partial charge in [0.05, 0.1) is 29.2 Å². The van der Waals surface area contributed by atoms with E-state index in [4.69, 9.17) is 9.47 Å². The molecule has 5 aromatic rings. The fraction of sp³-hybridized carbons (Fsp3) is 0.219. The SMILES string of the molecule is Cc1ccc(COc2ccc(F)c(-c3cc(F)c(Cc4nc5ccc(C(=O)O)cc5n4C[C@@H]4CCO4)cc3F)n2)c(F)c1. The van der Waals surface area contributed by atoms with E-state index in [2.05, 4.69) is 9.97 Å². The molecular formula is C32H25F4N3O4. The summed E-state index contributed by atoms with van der Waals surface area (Å²) in [6.45, 7) is 2.53. The van der Waals surface area contributed by atoms with E-state index in [1.54, 1.807) is 29.7 Å². The Hall–Kier alpha value is -4.77. The number of halogens is 4. The van der Waals surface area contributed by atoms with Crippen molar-refractivity contribution in [1.29, 1.82) is 0 Å². The number of hydrogen-bond acceptors (Lipinski definition) is 5. The third kappa shape index (κ3) is 5.80.